The summed E-state index contributed by atoms with van der Waals surface area (Å²) in [4.78, 5) is 12.3. The van der Waals surface area contributed by atoms with E-state index in [9.17, 15) is 4.79 Å². The second-order valence-electron chi connectivity index (χ2n) is 6.04. The molecular weight excluding hydrogens is 302 g/mol. The summed E-state index contributed by atoms with van der Waals surface area (Å²) in [5.74, 6) is 1.52. The molecule has 0 radical (unpaired) electrons. The van der Waals surface area contributed by atoms with Crippen LogP contribution >= 0.6 is 0 Å². The first-order valence-electron chi connectivity index (χ1n) is 8.42. The van der Waals surface area contributed by atoms with Gasteiger partial charge in [0.15, 0.2) is 11.5 Å². The second-order valence-corrected chi connectivity index (χ2v) is 6.04. The Kier molecular flexibility index (Phi) is 5.04. The zero-order valence-corrected chi connectivity index (χ0v) is 14.2. The van der Waals surface area contributed by atoms with Crippen LogP contribution in [0.2, 0.25) is 0 Å². The van der Waals surface area contributed by atoms with Crippen molar-refractivity contribution in [2.24, 2.45) is 0 Å². The van der Waals surface area contributed by atoms with Gasteiger partial charge in [0, 0.05) is 0 Å². The van der Waals surface area contributed by atoms with E-state index in [2.05, 4.69) is 24.4 Å². The molecule has 0 aliphatic carbocycles. The molecule has 1 N–H and O–H groups in total. The molecule has 1 unspecified atom stereocenters. The minimum Gasteiger partial charge on any atom is -0.486 e. The summed E-state index contributed by atoms with van der Waals surface area (Å²) >= 11 is 0. The lowest BCUT2D eigenvalue weighted by atomic mass is 10.1. The highest BCUT2D eigenvalue weighted by Crippen LogP contribution is 2.32. The van der Waals surface area contributed by atoms with Gasteiger partial charge in [-0.05, 0) is 42.2 Å². The summed E-state index contributed by atoms with van der Waals surface area (Å²) in [6, 6.07) is 13.9. The molecule has 0 bridgehead atoms. The average molecular weight is 325 g/mol. The Hall–Kier alpha value is -2.49. The smallest absolute Gasteiger partial charge is 0.224 e. The van der Waals surface area contributed by atoms with Crippen molar-refractivity contribution in [3.05, 3.63) is 59.2 Å². The quantitative estimate of drug-likeness (QED) is 0.916. The van der Waals surface area contributed by atoms with E-state index in [-0.39, 0.29) is 11.9 Å². The van der Waals surface area contributed by atoms with Gasteiger partial charge in [-0.2, -0.15) is 0 Å². The lowest BCUT2D eigenvalue weighted by molar-refractivity contribution is -0.121. The number of hydrogen-bond donors (Lipinski definition) is 1. The summed E-state index contributed by atoms with van der Waals surface area (Å²) in [5, 5.41) is 3.04. The van der Waals surface area contributed by atoms with Crippen LogP contribution in [0.5, 0.6) is 11.5 Å². The number of hydrogen-bond acceptors (Lipinski definition) is 3. The lowest BCUT2D eigenvalue weighted by Gasteiger charge is -2.21. The zero-order chi connectivity index (χ0) is 16.9. The molecule has 2 aromatic carbocycles. The van der Waals surface area contributed by atoms with Crippen molar-refractivity contribution >= 4 is 5.91 Å². The highest BCUT2D eigenvalue weighted by atomic mass is 16.6. The van der Waals surface area contributed by atoms with Gasteiger partial charge in [-0.3, -0.25) is 4.79 Å². The predicted octanol–water partition coefficient (Wildman–Crippen LogP) is 3.44. The number of aryl methyl sites for hydroxylation is 1. The van der Waals surface area contributed by atoms with E-state index in [4.69, 9.17) is 9.47 Å². The Balaban J connectivity index is 1.61. The molecule has 0 fully saturated rings. The summed E-state index contributed by atoms with van der Waals surface area (Å²) in [5.41, 5.74) is 3.32. The minimum atomic E-state index is -0.0803. The molecule has 1 heterocycles. The number of rotatable bonds is 5. The van der Waals surface area contributed by atoms with E-state index in [0.29, 0.717) is 19.6 Å². The molecule has 4 nitrogen and oxygen atoms in total. The van der Waals surface area contributed by atoms with Crippen LogP contribution in [0.25, 0.3) is 0 Å². The predicted molar refractivity (Wildman–Crippen MR) is 93.5 cm³/mol. The summed E-state index contributed by atoms with van der Waals surface area (Å²) in [7, 11) is 0. The number of nitrogens with one attached hydrogen (secondary N) is 1. The molecule has 24 heavy (non-hydrogen) atoms. The fraction of sp³-hybridized carbons (Fsp3) is 0.350. The Labute approximate surface area is 142 Å². The lowest BCUT2D eigenvalue weighted by Crippen LogP contribution is -2.28. The van der Waals surface area contributed by atoms with Crippen molar-refractivity contribution in [1.82, 2.24) is 5.32 Å². The van der Waals surface area contributed by atoms with Crippen LogP contribution in [-0.2, 0) is 17.6 Å². The SMILES string of the molecule is CCc1ccc(CC(=O)NC(C)c2ccc3c(c2)OCCO3)cc1. The number of carbonyl (C=O) groups excluding carboxylic acids is 1. The third-order valence-corrected chi connectivity index (χ3v) is 4.24. The summed E-state index contributed by atoms with van der Waals surface area (Å²) < 4.78 is 11.1. The Morgan fingerprint density at radius 1 is 1.04 bits per heavy atom. The van der Waals surface area contributed by atoms with Crippen LogP contribution < -0.4 is 14.8 Å². The maximum Gasteiger partial charge on any atom is 0.224 e. The van der Waals surface area contributed by atoms with E-state index in [1.54, 1.807) is 0 Å². The number of fused-ring (bicyclic) bond motifs is 1. The van der Waals surface area contributed by atoms with Gasteiger partial charge in [-0.15, -0.1) is 0 Å². The average Bonchev–Trinajstić information content (AvgIpc) is 2.61. The van der Waals surface area contributed by atoms with Gasteiger partial charge in [-0.25, -0.2) is 0 Å². The van der Waals surface area contributed by atoms with Crippen molar-refractivity contribution < 1.29 is 14.3 Å². The van der Waals surface area contributed by atoms with Gasteiger partial charge in [0.2, 0.25) is 5.91 Å². The van der Waals surface area contributed by atoms with E-state index >= 15 is 0 Å². The molecule has 2 aromatic rings. The molecule has 1 aliphatic rings. The van der Waals surface area contributed by atoms with E-state index in [1.165, 1.54) is 5.56 Å². The van der Waals surface area contributed by atoms with Crippen LogP contribution in [0.1, 0.15) is 36.6 Å². The molecule has 0 aromatic heterocycles. The first-order valence-corrected chi connectivity index (χ1v) is 8.42. The van der Waals surface area contributed by atoms with Gasteiger partial charge in [0.25, 0.3) is 0 Å². The third kappa shape index (κ3) is 3.88. The topological polar surface area (TPSA) is 47.6 Å². The fourth-order valence-corrected chi connectivity index (χ4v) is 2.78. The molecule has 1 amide bonds. The van der Waals surface area contributed by atoms with Gasteiger partial charge < -0.3 is 14.8 Å². The Morgan fingerprint density at radius 3 is 2.42 bits per heavy atom. The first-order chi connectivity index (χ1) is 11.7. The van der Waals surface area contributed by atoms with Gasteiger partial charge >= 0.3 is 0 Å². The first kappa shape index (κ1) is 16.4. The van der Waals surface area contributed by atoms with Crippen LogP contribution in [0.4, 0.5) is 0 Å². The molecular formula is C20H23NO3. The van der Waals surface area contributed by atoms with Crippen molar-refractivity contribution in [2.45, 2.75) is 32.7 Å². The standard InChI is InChI=1S/C20H23NO3/c1-3-15-4-6-16(7-5-15)12-20(22)21-14(2)17-8-9-18-19(13-17)24-11-10-23-18/h4-9,13-14H,3,10-12H2,1-2H3,(H,21,22). The van der Waals surface area contributed by atoms with E-state index in [0.717, 1.165) is 29.0 Å². The van der Waals surface area contributed by atoms with Crippen LogP contribution in [0.15, 0.2) is 42.5 Å². The van der Waals surface area contributed by atoms with Gasteiger partial charge in [0.05, 0.1) is 12.5 Å². The summed E-state index contributed by atoms with van der Waals surface area (Å²) in [6.45, 7) is 5.24. The van der Waals surface area contributed by atoms with Crippen molar-refractivity contribution in [3.8, 4) is 11.5 Å². The number of amides is 1. The molecule has 1 atom stereocenters. The van der Waals surface area contributed by atoms with Gasteiger partial charge in [-0.1, -0.05) is 37.3 Å². The van der Waals surface area contributed by atoms with Crippen molar-refractivity contribution in [1.29, 1.82) is 0 Å². The van der Waals surface area contributed by atoms with Crippen LogP contribution in [0.3, 0.4) is 0 Å². The molecule has 126 valence electrons. The van der Waals surface area contributed by atoms with Crippen LogP contribution in [-0.4, -0.2) is 19.1 Å². The van der Waals surface area contributed by atoms with Gasteiger partial charge in [0.1, 0.15) is 13.2 Å². The molecule has 0 saturated heterocycles. The number of carbonyl (C=O) groups is 1. The van der Waals surface area contributed by atoms with E-state index < -0.39 is 0 Å². The molecule has 0 saturated carbocycles. The molecule has 1 aliphatic heterocycles. The monoisotopic (exact) mass is 325 g/mol. The minimum absolute atomic E-state index is 0.0154. The number of ether oxygens (including phenoxy) is 2. The largest absolute Gasteiger partial charge is 0.486 e. The highest BCUT2D eigenvalue weighted by molar-refractivity contribution is 5.79. The maximum atomic E-state index is 12.3. The zero-order valence-electron chi connectivity index (χ0n) is 14.2. The van der Waals surface area contributed by atoms with E-state index in [1.807, 2.05) is 37.3 Å². The summed E-state index contributed by atoms with van der Waals surface area (Å²) in [6.07, 6.45) is 1.40. The second kappa shape index (κ2) is 7.39. The van der Waals surface area contributed by atoms with Crippen molar-refractivity contribution in [3.63, 3.8) is 0 Å². The maximum absolute atomic E-state index is 12.3. The van der Waals surface area contributed by atoms with Crippen molar-refractivity contribution in [2.75, 3.05) is 13.2 Å². The third-order valence-electron chi connectivity index (χ3n) is 4.24. The molecule has 3 rings (SSSR count). The Morgan fingerprint density at radius 2 is 1.71 bits per heavy atom. The fourth-order valence-electron chi connectivity index (χ4n) is 2.78. The number of benzene rings is 2. The molecule has 4 heteroatoms. The van der Waals surface area contributed by atoms with Crippen LogP contribution in [0, 0.1) is 0 Å². The highest BCUT2D eigenvalue weighted by Gasteiger charge is 2.16. The molecule has 0 spiro atoms. The normalized spacial score (nSPS) is 14.1. The Bertz CT molecular complexity index is 709.